The minimum absolute atomic E-state index is 0.0528. The molecule has 3 fully saturated rings. The topological polar surface area (TPSA) is 182 Å². The molecule has 16 heteroatoms. The first-order valence-corrected chi connectivity index (χ1v) is 22.7. The van der Waals surface area contributed by atoms with E-state index in [1.54, 1.807) is 11.2 Å². The van der Waals surface area contributed by atoms with E-state index in [4.69, 9.17) is 9.51 Å². The fraction of sp³-hybridized carbons (Fsp3) is 0.429. The lowest BCUT2D eigenvalue weighted by molar-refractivity contribution is -0.120. The number of rotatable bonds is 10. The van der Waals surface area contributed by atoms with Crippen LogP contribution in [0.25, 0.3) is 33.8 Å². The van der Waals surface area contributed by atoms with Crippen LogP contribution in [-0.2, 0) is 10.2 Å². The predicted molar refractivity (Wildman–Crippen MR) is 251 cm³/mol. The van der Waals surface area contributed by atoms with Gasteiger partial charge in [0.2, 0.25) is 5.91 Å². The second kappa shape index (κ2) is 17.7. The Morgan fingerprint density at radius 1 is 0.831 bits per heavy atom. The molecular weight excluding hydrogens is 821 g/mol. The highest BCUT2D eigenvalue weighted by atomic mass is 16.5. The number of aromatic amines is 1. The molecule has 3 aliphatic rings. The van der Waals surface area contributed by atoms with E-state index >= 15 is 0 Å². The zero-order valence-electron chi connectivity index (χ0n) is 38.4. The molecule has 0 radical (unpaired) electrons. The summed E-state index contributed by atoms with van der Waals surface area (Å²) in [5, 5.41) is 9.40. The molecule has 0 aliphatic carbocycles. The van der Waals surface area contributed by atoms with Crippen LogP contribution in [0.1, 0.15) is 91.8 Å². The van der Waals surface area contributed by atoms with Gasteiger partial charge in [-0.1, -0.05) is 38.1 Å². The van der Waals surface area contributed by atoms with Crippen LogP contribution in [0.2, 0.25) is 0 Å². The van der Waals surface area contributed by atoms with Crippen molar-refractivity contribution in [3.05, 3.63) is 94.9 Å². The number of nitrogens with zero attached hydrogens (tertiary/aromatic N) is 9. The minimum atomic E-state index is -0.415. The van der Waals surface area contributed by atoms with Gasteiger partial charge in [0.25, 0.3) is 0 Å². The number of amides is 4. The first-order chi connectivity index (χ1) is 31.2. The maximum atomic E-state index is 13.0. The lowest BCUT2D eigenvalue weighted by atomic mass is 9.95. The summed E-state index contributed by atoms with van der Waals surface area (Å²) in [7, 11) is 0. The molecule has 16 nitrogen and oxygen atoms in total. The number of fused-ring (bicyclic) bond motifs is 1. The Labute approximate surface area is 379 Å². The minimum Gasteiger partial charge on any atom is -0.372 e. The van der Waals surface area contributed by atoms with Gasteiger partial charge >= 0.3 is 17.8 Å². The van der Waals surface area contributed by atoms with Crippen LogP contribution in [0.3, 0.4) is 0 Å². The average Bonchev–Trinajstić information content (AvgIpc) is 3.97. The standard InChI is InChI=1S/C49H58N12O4/c1-29-24-34(8-11-37(29)32(4)52-45(63)46-56-47(57-65-46)49(5,6)7)41-42-44(51-28-50-41)55-43(54-42)35-9-12-38(30(2)25-35)60-22-20-58(21-23-60)27-33-14-17-59(18-15-33)36-10-13-39(31(3)26-36)61-19-16-40(62)53-48(61)64/h8-13,24-26,28,32-33H,14-23,27H2,1-7H3,(H,52,63)(H,53,62,64)(H,50,51,54,55). The Morgan fingerprint density at radius 2 is 1.55 bits per heavy atom. The van der Waals surface area contributed by atoms with Gasteiger partial charge in [-0.05, 0) is 111 Å². The van der Waals surface area contributed by atoms with Gasteiger partial charge in [-0.25, -0.2) is 19.7 Å². The molecular formula is C49H58N12O4. The number of imidazole rings is 1. The summed E-state index contributed by atoms with van der Waals surface area (Å²) in [5.41, 5.74) is 11.2. The van der Waals surface area contributed by atoms with E-state index in [0.29, 0.717) is 30.4 Å². The largest absolute Gasteiger partial charge is 0.372 e. The molecule has 3 aromatic carbocycles. The maximum Gasteiger partial charge on any atom is 0.328 e. The van der Waals surface area contributed by atoms with Gasteiger partial charge in [0, 0.05) is 92.4 Å². The molecule has 4 amide bonds. The Balaban J connectivity index is 0.786. The molecule has 0 spiro atoms. The number of anilines is 3. The average molecular weight is 879 g/mol. The Bertz CT molecular complexity index is 2760. The molecule has 0 saturated carbocycles. The van der Waals surface area contributed by atoms with Crippen LogP contribution in [0.4, 0.5) is 21.9 Å². The second-order valence-corrected chi connectivity index (χ2v) is 18.9. The maximum absolute atomic E-state index is 13.0. The van der Waals surface area contributed by atoms with Crippen molar-refractivity contribution in [2.24, 2.45) is 5.92 Å². The molecule has 0 bridgehead atoms. The number of hydrogen-bond donors (Lipinski definition) is 3. The van der Waals surface area contributed by atoms with Crippen molar-refractivity contribution in [3.8, 4) is 22.6 Å². The number of aromatic nitrogens is 6. The SMILES string of the molecule is Cc1cc(-c2ncnc3nc(-c4ccc(N5CCN(CC6CCN(c7ccc(N8CCC(=O)NC8=O)c(C)c7)CC6)CC5)c(C)c4)[nH]c23)ccc1C(C)NC(=O)c1nc(C(C)(C)C)no1. The molecule has 1 unspecified atom stereocenters. The number of H-pyrrole nitrogens is 1. The molecule has 65 heavy (non-hydrogen) atoms. The molecule has 6 heterocycles. The van der Waals surface area contributed by atoms with Crippen molar-refractivity contribution < 1.29 is 18.9 Å². The van der Waals surface area contributed by atoms with Crippen molar-refractivity contribution in [1.29, 1.82) is 0 Å². The predicted octanol–water partition coefficient (Wildman–Crippen LogP) is 7.27. The Kier molecular flexibility index (Phi) is 11.9. The number of benzene rings is 3. The molecule has 6 aromatic rings. The quantitative estimate of drug-likeness (QED) is 0.125. The Hall–Kier alpha value is -6.68. The van der Waals surface area contributed by atoms with Crippen LogP contribution >= 0.6 is 0 Å². The van der Waals surface area contributed by atoms with E-state index in [2.05, 4.69) is 93.7 Å². The normalized spacial score (nSPS) is 17.2. The number of hydrogen-bond acceptors (Lipinski definition) is 12. The fourth-order valence-electron chi connectivity index (χ4n) is 9.45. The van der Waals surface area contributed by atoms with Crippen LogP contribution < -0.4 is 25.3 Å². The second-order valence-electron chi connectivity index (χ2n) is 18.9. The zero-order valence-corrected chi connectivity index (χ0v) is 38.4. The summed E-state index contributed by atoms with van der Waals surface area (Å²) < 4.78 is 5.25. The van der Waals surface area contributed by atoms with Gasteiger partial charge in [0.1, 0.15) is 17.7 Å². The number of nitrogens with one attached hydrogen (secondary N) is 3. The van der Waals surface area contributed by atoms with Gasteiger partial charge in [-0.3, -0.25) is 24.7 Å². The van der Waals surface area contributed by atoms with Gasteiger partial charge in [-0.15, -0.1) is 0 Å². The fourth-order valence-corrected chi connectivity index (χ4v) is 9.45. The summed E-state index contributed by atoms with van der Waals surface area (Å²) >= 11 is 0. The van der Waals surface area contributed by atoms with Crippen LogP contribution in [-0.4, -0.2) is 105 Å². The molecule has 9 rings (SSSR count). The first kappa shape index (κ1) is 43.6. The third-order valence-electron chi connectivity index (χ3n) is 13.1. The van der Waals surface area contributed by atoms with E-state index in [9.17, 15) is 14.4 Å². The van der Waals surface area contributed by atoms with Crippen LogP contribution in [0.15, 0.2) is 65.4 Å². The number of piperidine rings is 1. The summed E-state index contributed by atoms with van der Waals surface area (Å²) in [6.45, 7) is 21.7. The van der Waals surface area contributed by atoms with Gasteiger partial charge in [0.15, 0.2) is 11.5 Å². The lowest BCUT2D eigenvalue weighted by Crippen LogP contribution is -2.49. The summed E-state index contributed by atoms with van der Waals surface area (Å²) in [6, 6.07) is 18.3. The number of carbonyl (C=O) groups excluding carboxylic acids is 3. The molecule has 3 aliphatic heterocycles. The summed E-state index contributed by atoms with van der Waals surface area (Å²) in [6.07, 6.45) is 4.18. The van der Waals surface area contributed by atoms with Crippen molar-refractivity contribution in [2.45, 2.75) is 79.2 Å². The molecule has 3 saturated heterocycles. The zero-order chi connectivity index (χ0) is 45.6. The highest BCUT2D eigenvalue weighted by molar-refractivity contribution is 6.06. The van der Waals surface area contributed by atoms with Crippen molar-refractivity contribution in [2.75, 3.05) is 67.1 Å². The smallest absolute Gasteiger partial charge is 0.328 e. The van der Waals surface area contributed by atoms with E-state index in [1.807, 2.05) is 59.7 Å². The van der Waals surface area contributed by atoms with Crippen molar-refractivity contribution in [1.82, 2.24) is 45.6 Å². The van der Waals surface area contributed by atoms with Gasteiger partial charge in [-0.2, -0.15) is 4.98 Å². The van der Waals surface area contributed by atoms with E-state index in [0.717, 1.165) is 109 Å². The highest BCUT2D eigenvalue weighted by Gasteiger charge is 2.29. The molecule has 338 valence electrons. The third-order valence-corrected chi connectivity index (χ3v) is 13.1. The molecule has 3 aromatic heterocycles. The third kappa shape index (κ3) is 9.17. The van der Waals surface area contributed by atoms with Gasteiger partial charge < -0.3 is 24.6 Å². The molecule has 1 atom stereocenters. The summed E-state index contributed by atoms with van der Waals surface area (Å²) in [4.78, 5) is 68.2. The number of imide groups is 1. The van der Waals surface area contributed by atoms with Gasteiger partial charge in [0.05, 0.1) is 11.7 Å². The van der Waals surface area contributed by atoms with Crippen molar-refractivity contribution >= 4 is 46.1 Å². The van der Waals surface area contributed by atoms with E-state index in [1.165, 1.54) is 16.9 Å². The van der Waals surface area contributed by atoms with E-state index in [-0.39, 0.29) is 29.3 Å². The van der Waals surface area contributed by atoms with E-state index < -0.39 is 5.91 Å². The highest BCUT2D eigenvalue weighted by Crippen LogP contribution is 2.34. The first-order valence-electron chi connectivity index (χ1n) is 22.7. The number of carbonyl (C=O) groups is 3. The lowest BCUT2D eigenvalue weighted by Gasteiger charge is -2.40. The number of aryl methyl sites for hydroxylation is 3. The monoisotopic (exact) mass is 878 g/mol. The summed E-state index contributed by atoms with van der Waals surface area (Å²) in [5.74, 6) is 1.21. The van der Waals surface area contributed by atoms with Crippen molar-refractivity contribution in [3.63, 3.8) is 0 Å². The van der Waals surface area contributed by atoms with Crippen LogP contribution in [0, 0.1) is 26.7 Å². The number of urea groups is 1. The Morgan fingerprint density at radius 3 is 2.25 bits per heavy atom. The molecule has 3 N–H and O–H groups in total. The van der Waals surface area contributed by atoms with Crippen LogP contribution in [0.5, 0.6) is 0 Å². The number of piperazine rings is 1.